The first-order chi connectivity index (χ1) is 12.9. The third kappa shape index (κ3) is 2.55. The molecule has 6 atom stereocenters. The highest BCUT2D eigenvalue weighted by molar-refractivity contribution is 6.22. The van der Waals surface area contributed by atoms with Crippen molar-refractivity contribution in [2.75, 3.05) is 7.11 Å². The molecule has 1 saturated carbocycles. The van der Waals surface area contributed by atoms with Crippen LogP contribution in [0.25, 0.3) is 0 Å². The molecule has 0 aromatic carbocycles. The predicted octanol–water partition coefficient (Wildman–Crippen LogP) is 1.70. The second-order valence-corrected chi connectivity index (χ2v) is 8.81. The molecule has 0 aliphatic heterocycles. The summed E-state index contributed by atoms with van der Waals surface area (Å²) in [6, 6.07) is 0. The highest BCUT2D eigenvalue weighted by Gasteiger charge is 2.71. The molecule has 0 saturated heterocycles. The van der Waals surface area contributed by atoms with E-state index in [1.54, 1.807) is 33.8 Å². The lowest BCUT2D eigenvalue weighted by atomic mass is 9.50. The Morgan fingerprint density at radius 1 is 1.29 bits per heavy atom. The van der Waals surface area contributed by atoms with Crippen LogP contribution in [0.15, 0.2) is 35.5 Å². The van der Waals surface area contributed by atoms with Crippen molar-refractivity contribution in [3.05, 3.63) is 35.5 Å². The van der Waals surface area contributed by atoms with Crippen molar-refractivity contribution in [3.63, 3.8) is 0 Å². The number of carbonyl (C=O) groups is 3. The first kappa shape index (κ1) is 20.8. The van der Waals surface area contributed by atoms with Crippen molar-refractivity contribution in [1.82, 2.24) is 0 Å². The van der Waals surface area contributed by atoms with Crippen molar-refractivity contribution in [2.24, 2.45) is 17.3 Å². The number of allylic oxidation sites excluding steroid dienone is 2. The second kappa shape index (κ2) is 6.58. The largest absolute Gasteiger partial charge is 0.390 e. The quantitative estimate of drug-likeness (QED) is 0.711. The van der Waals surface area contributed by atoms with Crippen LogP contribution in [0, 0.1) is 17.3 Å². The molecule has 3 aliphatic carbocycles. The van der Waals surface area contributed by atoms with E-state index in [9.17, 15) is 24.6 Å². The number of hydrogen-bond donors (Lipinski definition) is 2. The highest BCUT2D eigenvalue weighted by Crippen LogP contribution is 2.61. The molecule has 6 nitrogen and oxygen atoms in total. The van der Waals surface area contributed by atoms with E-state index in [1.807, 2.05) is 0 Å². The molecule has 152 valence electrons. The molecule has 0 radical (unpaired) electrons. The molecular weight excluding hydrogens is 360 g/mol. The molecule has 28 heavy (non-hydrogen) atoms. The Labute approximate surface area is 165 Å². The van der Waals surface area contributed by atoms with Gasteiger partial charge in [-0.2, -0.15) is 0 Å². The van der Waals surface area contributed by atoms with Crippen LogP contribution in [0.4, 0.5) is 0 Å². The molecule has 2 unspecified atom stereocenters. The van der Waals surface area contributed by atoms with Crippen molar-refractivity contribution in [1.29, 1.82) is 0 Å². The molecule has 3 rings (SSSR count). The minimum atomic E-state index is -1.81. The van der Waals surface area contributed by atoms with Crippen LogP contribution in [0.5, 0.6) is 0 Å². The fraction of sp³-hybridized carbons (Fsp3) is 0.591. The number of Topliss-reactive ketones (excluding diaryl/α,β-unsaturated/α-hetero) is 1. The van der Waals surface area contributed by atoms with E-state index >= 15 is 0 Å². The number of aliphatic hydroxyl groups is 2. The third-order valence-corrected chi connectivity index (χ3v) is 6.89. The maximum atomic E-state index is 13.6. The Morgan fingerprint density at radius 3 is 2.50 bits per heavy atom. The molecule has 0 aromatic rings. The Bertz CT molecular complexity index is 828. The fourth-order valence-electron chi connectivity index (χ4n) is 5.49. The van der Waals surface area contributed by atoms with Gasteiger partial charge in [0.05, 0.1) is 11.0 Å². The smallest absolute Gasteiger partial charge is 0.193 e. The average Bonchev–Trinajstić information content (AvgIpc) is 2.92. The van der Waals surface area contributed by atoms with Gasteiger partial charge in [-0.05, 0) is 58.6 Å². The summed E-state index contributed by atoms with van der Waals surface area (Å²) in [5.74, 6) is -2.45. The first-order valence-electron chi connectivity index (χ1n) is 9.57. The summed E-state index contributed by atoms with van der Waals surface area (Å²) in [7, 11) is 1.31. The van der Waals surface area contributed by atoms with E-state index in [0.717, 1.165) is 11.6 Å². The number of carbonyl (C=O) groups excluding carboxylic acids is 3. The summed E-state index contributed by atoms with van der Waals surface area (Å²) >= 11 is 0. The van der Waals surface area contributed by atoms with Crippen LogP contribution in [0.1, 0.15) is 40.5 Å². The van der Waals surface area contributed by atoms with Gasteiger partial charge in [-0.1, -0.05) is 17.7 Å². The third-order valence-electron chi connectivity index (χ3n) is 6.89. The number of hydrogen-bond acceptors (Lipinski definition) is 6. The SMILES string of the molecule is COC12C(=O)C=CC(=O)C1=C[C@@H]1[C@H](CC[C@]1(C)O)[C@@]2(C)C(=O)C(O)C=C(C)C. The van der Waals surface area contributed by atoms with Gasteiger partial charge in [0.1, 0.15) is 6.10 Å². The summed E-state index contributed by atoms with van der Waals surface area (Å²) in [6.07, 6.45) is 4.82. The minimum absolute atomic E-state index is 0.0752. The van der Waals surface area contributed by atoms with E-state index in [4.69, 9.17) is 4.74 Å². The monoisotopic (exact) mass is 388 g/mol. The summed E-state index contributed by atoms with van der Waals surface area (Å²) in [6.45, 7) is 6.80. The van der Waals surface area contributed by atoms with Gasteiger partial charge in [0.25, 0.3) is 0 Å². The Hall–Kier alpha value is -1.89. The second-order valence-electron chi connectivity index (χ2n) is 8.81. The minimum Gasteiger partial charge on any atom is -0.390 e. The van der Waals surface area contributed by atoms with E-state index in [1.165, 1.54) is 19.3 Å². The van der Waals surface area contributed by atoms with Crippen molar-refractivity contribution in [3.8, 4) is 0 Å². The topological polar surface area (TPSA) is 101 Å². The molecule has 0 aromatic heterocycles. The van der Waals surface area contributed by atoms with Gasteiger partial charge < -0.3 is 14.9 Å². The molecule has 0 heterocycles. The van der Waals surface area contributed by atoms with Crippen molar-refractivity contribution in [2.45, 2.75) is 57.8 Å². The molecule has 0 amide bonds. The van der Waals surface area contributed by atoms with Crippen LogP contribution in [0.2, 0.25) is 0 Å². The van der Waals surface area contributed by atoms with Gasteiger partial charge in [-0.15, -0.1) is 0 Å². The van der Waals surface area contributed by atoms with Gasteiger partial charge in [0.2, 0.25) is 0 Å². The summed E-state index contributed by atoms with van der Waals surface area (Å²) in [4.78, 5) is 39.5. The lowest BCUT2D eigenvalue weighted by molar-refractivity contribution is -0.176. The summed E-state index contributed by atoms with van der Waals surface area (Å²) in [5.41, 5.74) is -3.62. The molecule has 0 bridgehead atoms. The zero-order valence-corrected chi connectivity index (χ0v) is 17.0. The lowest BCUT2D eigenvalue weighted by Gasteiger charge is -2.55. The first-order valence-corrected chi connectivity index (χ1v) is 9.57. The van der Waals surface area contributed by atoms with Gasteiger partial charge >= 0.3 is 0 Å². The standard InChI is InChI=1S/C22H28O6/c1-12(2)10-17(24)19(26)21(4)13-8-9-20(3,27)14(13)11-15-16(23)6-7-18(25)22(15,21)28-5/h6-7,10-11,13-14,17,24,27H,8-9H2,1-5H3/t13-,14+,17?,20-,21-,22?/m0/s1. The highest BCUT2D eigenvalue weighted by atomic mass is 16.5. The predicted molar refractivity (Wildman–Crippen MR) is 102 cm³/mol. The number of aliphatic hydroxyl groups excluding tert-OH is 1. The normalized spacial score (nSPS) is 40.5. The Morgan fingerprint density at radius 2 is 1.93 bits per heavy atom. The zero-order valence-electron chi connectivity index (χ0n) is 17.0. The number of rotatable bonds is 4. The summed E-state index contributed by atoms with van der Waals surface area (Å²) in [5, 5.41) is 21.5. The van der Waals surface area contributed by atoms with E-state index in [2.05, 4.69) is 0 Å². The maximum Gasteiger partial charge on any atom is 0.193 e. The van der Waals surface area contributed by atoms with Gasteiger partial charge in [0, 0.05) is 18.6 Å². The van der Waals surface area contributed by atoms with Gasteiger partial charge in [-0.3, -0.25) is 14.4 Å². The lowest BCUT2D eigenvalue weighted by Crippen LogP contribution is -2.68. The molecular formula is C22H28O6. The van der Waals surface area contributed by atoms with Crippen LogP contribution in [0.3, 0.4) is 0 Å². The van der Waals surface area contributed by atoms with Crippen LogP contribution >= 0.6 is 0 Å². The number of fused-ring (bicyclic) bond motifs is 2. The molecule has 3 aliphatic rings. The summed E-state index contributed by atoms with van der Waals surface area (Å²) < 4.78 is 5.71. The number of ether oxygens (including phenoxy) is 1. The molecule has 6 heteroatoms. The molecule has 0 spiro atoms. The van der Waals surface area contributed by atoms with E-state index < -0.39 is 51.9 Å². The number of ketones is 3. The van der Waals surface area contributed by atoms with Crippen LogP contribution in [-0.4, -0.2) is 52.0 Å². The van der Waals surface area contributed by atoms with Crippen molar-refractivity contribution >= 4 is 17.3 Å². The maximum absolute atomic E-state index is 13.6. The van der Waals surface area contributed by atoms with Gasteiger partial charge in [0.15, 0.2) is 23.0 Å². The van der Waals surface area contributed by atoms with E-state index in [-0.39, 0.29) is 5.57 Å². The molecule has 2 N–H and O–H groups in total. The molecule has 1 fully saturated rings. The fourth-order valence-corrected chi connectivity index (χ4v) is 5.49. The van der Waals surface area contributed by atoms with Crippen LogP contribution < -0.4 is 0 Å². The Balaban J connectivity index is 2.32. The van der Waals surface area contributed by atoms with Crippen LogP contribution in [-0.2, 0) is 19.1 Å². The number of methoxy groups -OCH3 is 1. The van der Waals surface area contributed by atoms with Gasteiger partial charge in [-0.25, -0.2) is 0 Å². The zero-order chi connectivity index (χ0) is 21.1. The van der Waals surface area contributed by atoms with E-state index in [0.29, 0.717) is 12.8 Å². The average molecular weight is 388 g/mol. The Kier molecular flexibility index (Phi) is 4.89. The van der Waals surface area contributed by atoms with Crippen molar-refractivity contribution < 1.29 is 29.3 Å².